The Bertz CT molecular complexity index is 481. The Morgan fingerprint density at radius 3 is 1.15 bits per heavy atom. The van der Waals surface area contributed by atoms with Crippen molar-refractivity contribution in [2.24, 2.45) is 5.41 Å². The molecule has 0 aliphatic heterocycles. The third kappa shape index (κ3) is 8.99. The predicted molar refractivity (Wildman–Crippen MR) is 134 cm³/mol. The van der Waals surface area contributed by atoms with Crippen molar-refractivity contribution in [3.8, 4) is 0 Å². The molecule has 0 rings (SSSR count). The van der Waals surface area contributed by atoms with Crippen LogP contribution in [-0.2, 0) is 8.85 Å². The fourth-order valence-corrected chi connectivity index (χ4v) is 5.61. The topological polar surface area (TPSA) is 18.5 Å². The summed E-state index contributed by atoms with van der Waals surface area (Å²) >= 11 is 7.18. The van der Waals surface area contributed by atoms with E-state index in [9.17, 15) is 0 Å². The van der Waals surface area contributed by atoms with E-state index in [4.69, 9.17) is 8.85 Å². The third-order valence-electron chi connectivity index (χ3n) is 6.22. The molecule has 2 nitrogen and oxygen atoms in total. The molecule has 0 fully saturated rings. The zero-order chi connectivity index (χ0) is 21.9. The van der Waals surface area contributed by atoms with Crippen molar-refractivity contribution >= 4 is 48.5 Å². The molecule has 27 heavy (non-hydrogen) atoms. The molecule has 0 N–H and O–H groups in total. The number of rotatable bonds is 10. The van der Waals surface area contributed by atoms with Crippen LogP contribution in [0.5, 0.6) is 0 Å². The first-order valence-corrected chi connectivity index (χ1v) is 17.1. The quantitative estimate of drug-likeness (QED) is 0.257. The Kier molecular flexibility index (Phi) is 10.0. The van der Waals surface area contributed by atoms with Crippen LogP contribution in [0, 0.1) is 5.41 Å². The molecule has 0 aliphatic carbocycles. The molecule has 0 aromatic carbocycles. The molecule has 0 spiro atoms. The summed E-state index contributed by atoms with van der Waals surface area (Å²) in [6, 6.07) is 0. The van der Waals surface area contributed by atoms with Crippen LogP contribution in [-0.4, -0.2) is 29.8 Å². The van der Waals surface area contributed by atoms with Crippen LogP contribution in [0.1, 0.15) is 54.4 Å². The van der Waals surface area contributed by atoms with Crippen LogP contribution in [0.3, 0.4) is 0 Å². The summed E-state index contributed by atoms with van der Waals surface area (Å²) in [5.74, 6) is 0. The lowest BCUT2D eigenvalue weighted by Gasteiger charge is -2.44. The van der Waals surface area contributed by atoms with Gasteiger partial charge in [0.05, 0.1) is 0 Å². The lowest BCUT2D eigenvalue weighted by Crippen LogP contribution is -2.48. The molecule has 0 unspecified atom stereocenters. The minimum absolute atomic E-state index is 0.174. The Morgan fingerprint density at radius 2 is 0.963 bits per heavy atom. The minimum Gasteiger partial charge on any atom is -0.416 e. The Labute approximate surface area is 188 Å². The number of halogens is 2. The number of hydrogen-bond donors (Lipinski definition) is 0. The van der Waals surface area contributed by atoms with E-state index < -0.39 is 16.6 Å². The highest BCUT2D eigenvalue weighted by molar-refractivity contribution is 9.12. The first kappa shape index (κ1) is 27.8. The van der Waals surface area contributed by atoms with Gasteiger partial charge in [-0.1, -0.05) is 86.6 Å². The molecule has 0 saturated carbocycles. The minimum atomic E-state index is -1.86. The van der Waals surface area contributed by atoms with Crippen molar-refractivity contribution in [1.29, 1.82) is 0 Å². The molecule has 0 radical (unpaired) electrons. The average molecular weight is 543 g/mol. The Balaban J connectivity index is 5.71. The highest BCUT2D eigenvalue weighted by atomic mass is 79.9. The maximum Gasteiger partial charge on any atom is 0.192 e. The summed E-state index contributed by atoms with van der Waals surface area (Å²) in [6.07, 6.45) is 1.61. The molecule has 0 amide bonds. The lowest BCUT2D eigenvalue weighted by molar-refractivity contribution is 0.0680. The second kappa shape index (κ2) is 9.73. The van der Waals surface area contributed by atoms with E-state index in [0.29, 0.717) is 13.2 Å². The zero-order valence-corrected chi connectivity index (χ0v) is 24.5. The molecule has 160 valence electrons. The monoisotopic (exact) mass is 540 g/mol. The van der Waals surface area contributed by atoms with Crippen molar-refractivity contribution in [2.75, 3.05) is 13.2 Å². The highest BCUT2D eigenvalue weighted by Crippen LogP contribution is 2.44. The molecule has 0 bridgehead atoms. The standard InChI is InChI=1S/C21H42Br2O2Si2/c1-17(22)13-21(14-18(2)23,15-24-26(9,10)19(3,4)5)16-25-27(11,12)20(6,7)8/h1-2,13-16H2,3-12H3. The van der Waals surface area contributed by atoms with Gasteiger partial charge in [-0.2, -0.15) is 0 Å². The SMILES string of the molecule is C=C(Br)CC(CO[Si](C)(C)C(C)(C)C)(CO[Si](C)(C)C(C)(C)C)CC(=C)Br. The van der Waals surface area contributed by atoms with Crippen LogP contribution in [0.2, 0.25) is 36.3 Å². The predicted octanol–water partition coefficient (Wildman–Crippen LogP) is 8.61. The van der Waals surface area contributed by atoms with Crippen LogP contribution >= 0.6 is 31.9 Å². The van der Waals surface area contributed by atoms with Gasteiger partial charge >= 0.3 is 0 Å². The molecule has 0 aromatic rings. The smallest absolute Gasteiger partial charge is 0.192 e. The molecule has 6 heteroatoms. The van der Waals surface area contributed by atoms with Crippen LogP contribution in [0.25, 0.3) is 0 Å². The normalized spacial score (nSPS) is 14.4. The van der Waals surface area contributed by atoms with Crippen molar-refractivity contribution < 1.29 is 8.85 Å². The van der Waals surface area contributed by atoms with E-state index in [1.807, 2.05) is 0 Å². The van der Waals surface area contributed by atoms with Crippen LogP contribution in [0.15, 0.2) is 22.1 Å². The summed E-state index contributed by atoms with van der Waals surface area (Å²) in [7, 11) is -3.72. The Hall–Kier alpha value is 0.794. The molecular formula is C21H42Br2O2Si2. The zero-order valence-electron chi connectivity index (χ0n) is 19.3. The second-order valence-corrected chi connectivity index (χ2v) is 22.8. The summed E-state index contributed by atoms with van der Waals surface area (Å²) in [5.41, 5.74) is -0.174. The average Bonchev–Trinajstić information content (AvgIpc) is 2.39. The fraction of sp³-hybridized carbons (Fsp3) is 0.810. The lowest BCUT2D eigenvalue weighted by atomic mass is 9.83. The molecule has 0 aliphatic rings. The summed E-state index contributed by atoms with van der Waals surface area (Å²) in [6.45, 7) is 32.4. The van der Waals surface area contributed by atoms with Crippen LogP contribution in [0.4, 0.5) is 0 Å². The van der Waals surface area contributed by atoms with Crippen molar-refractivity contribution in [3.63, 3.8) is 0 Å². The number of hydrogen-bond acceptors (Lipinski definition) is 2. The van der Waals surface area contributed by atoms with Gasteiger partial charge in [-0.3, -0.25) is 0 Å². The summed E-state index contributed by atoms with van der Waals surface area (Å²) in [5, 5.41) is 0.353. The maximum absolute atomic E-state index is 6.66. The number of allylic oxidation sites excluding steroid dienone is 2. The van der Waals surface area contributed by atoms with Gasteiger partial charge in [-0.25, -0.2) is 0 Å². The Morgan fingerprint density at radius 1 is 0.704 bits per heavy atom. The first-order valence-electron chi connectivity index (χ1n) is 9.69. The van der Waals surface area contributed by atoms with Gasteiger partial charge in [-0.15, -0.1) is 0 Å². The molecule has 0 heterocycles. The van der Waals surface area contributed by atoms with Gasteiger partial charge in [-0.05, 0) is 58.1 Å². The van der Waals surface area contributed by atoms with Gasteiger partial charge < -0.3 is 8.85 Å². The van der Waals surface area contributed by atoms with Crippen LogP contribution < -0.4 is 0 Å². The van der Waals surface area contributed by atoms with Crippen molar-refractivity contribution in [3.05, 3.63) is 22.1 Å². The summed E-state index contributed by atoms with van der Waals surface area (Å²) in [4.78, 5) is 0. The van der Waals surface area contributed by atoms with E-state index >= 15 is 0 Å². The second-order valence-electron chi connectivity index (χ2n) is 11.0. The largest absolute Gasteiger partial charge is 0.416 e. The molecular weight excluding hydrogens is 500 g/mol. The first-order chi connectivity index (χ1) is 11.7. The van der Waals surface area contributed by atoms with Crippen molar-refractivity contribution in [2.45, 2.75) is 90.6 Å². The molecule has 0 saturated heterocycles. The van der Waals surface area contributed by atoms with E-state index in [0.717, 1.165) is 21.8 Å². The van der Waals surface area contributed by atoms with Gasteiger partial charge in [0.1, 0.15) is 0 Å². The molecule has 0 aromatic heterocycles. The highest BCUT2D eigenvalue weighted by Gasteiger charge is 2.43. The molecule has 0 atom stereocenters. The van der Waals surface area contributed by atoms with Gasteiger partial charge in [0, 0.05) is 18.6 Å². The van der Waals surface area contributed by atoms with Gasteiger partial charge in [0.2, 0.25) is 0 Å². The van der Waals surface area contributed by atoms with Crippen molar-refractivity contribution in [1.82, 2.24) is 0 Å². The van der Waals surface area contributed by atoms with E-state index in [1.54, 1.807) is 0 Å². The van der Waals surface area contributed by atoms with Gasteiger partial charge in [0.15, 0.2) is 16.6 Å². The summed E-state index contributed by atoms with van der Waals surface area (Å²) < 4.78 is 15.3. The third-order valence-corrected chi connectivity index (χ3v) is 15.7. The van der Waals surface area contributed by atoms with E-state index in [-0.39, 0.29) is 15.5 Å². The van der Waals surface area contributed by atoms with E-state index in [2.05, 4.69) is 113 Å². The van der Waals surface area contributed by atoms with E-state index in [1.165, 1.54) is 0 Å². The van der Waals surface area contributed by atoms with Gasteiger partial charge in [0.25, 0.3) is 0 Å². The fourth-order valence-electron chi connectivity index (χ4n) is 2.22. The maximum atomic E-state index is 6.66.